The van der Waals surface area contributed by atoms with E-state index < -0.39 is 0 Å². The lowest BCUT2D eigenvalue weighted by Crippen LogP contribution is -2.31. The Morgan fingerprint density at radius 1 is 1.17 bits per heavy atom. The number of aryl methyl sites for hydroxylation is 3. The third kappa shape index (κ3) is 5.17. The van der Waals surface area contributed by atoms with Gasteiger partial charge in [-0.25, -0.2) is 4.98 Å². The summed E-state index contributed by atoms with van der Waals surface area (Å²) in [5, 5.41) is 4.68. The zero-order valence-electron chi connectivity index (χ0n) is 17.1. The van der Waals surface area contributed by atoms with Gasteiger partial charge in [0.2, 0.25) is 0 Å². The molecule has 1 amide bonds. The fourth-order valence-electron chi connectivity index (χ4n) is 2.84. The Morgan fingerprint density at radius 2 is 1.97 bits per heavy atom. The molecule has 3 rings (SSSR count). The summed E-state index contributed by atoms with van der Waals surface area (Å²) in [6, 6.07) is 11.4. The minimum Gasteiger partial charge on any atom is -0.491 e. The Hall–Kier alpha value is -2.80. The fraction of sp³-hybridized carbons (Fsp3) is 0.318. The number of likely N-dealkylation sites (N-methyl/N-ethyl adjacent to an activating group) is 1. The lowest BCUT2D eigenvalue weighted by Gasteiger charge is -2.19. The number of para-hydroxylation sites is 1. The lowest BCUT2D eigenvalue weighted by atomic mass is 10.2. The highest BCUT2D eigenvalue weighted by molar-refractivity contribution is 7.98. The van der Waals surface area contributed by atoms with Crippen LogP contribution >= 0.6 is 11.8 Å². The van der Waals surface area contributed by atoms with E-state index in [1.54, 1.807) is 24.2 Å². The molecule has 0 aliphatic rings. The van der Waals surface area contributed by atoms with Crippen LogP contribution in [0.25, 0.3) is 0 Å². The van der Waals surface area contributed by atoms with Crippen LogP contribution in [0.2, 0.25) is 0 Å². The second-order valence-corrected chi connectivity index (χ2v) is 7.75. The van der Waals surface area contributed by atoms with Gasteiger partial charge in [-0.15, -0.1) is 11.8 Å². The maximum absolute atomic E-state index is 13.0. The fourth-order valence-corrected chi connectivity index (χ4v) is 3.97. The number of pyridine rings is 1. The molecule has 0 fully saturated rings. The van der Waals surface area contributed by atoms with Crippen molar-refractivity contribution >= 4 is 17.7 Å². The highest BCUT2D eigenvalue weighted by Crippen LogP contribution is 2.27. The monoisotopic (exact) mass is 411 g/mol. The van der Waals surface area contributed by atoms with E-state index in [9.17, 15) is 4.79 Å². The lowest BCUT2D eigenvalue weighted by molar-refractivity contribution is 0.0769. The quantitative estimate of drug-likeness (QED) is 0.511. The van der Waals surface area contributed by atoms with Gasteiger partial charge in [-0.1, -0.05) is 23.4 Å². The van der Waals surface area contributed by atoms with Gasteiger partial charge < -0.3 is 14.2 Å². The highest BCUT2D eigenvalue weighted by Gasteiger charge is 2.18. The minimum atomic E-state index is -0.0762. The van der Waals surface area contributed by atoms with Crippen LogP contribution in [0.1, 0.15) is 32.9 Å². The standard InChI is InChI=1S/C22H25N3O3S/c1-15-8-5-6-10-20(15)27-13-12-25(4)22(26)18-9-7-11-23-21(18)29-14-19-16(2)24-28-17(19)3/h5-11H,12-14H2,1-4H3. The molecule has 2 aromatic heterocycles. The molecular formula is C22H25N3O3S. The first-order valence-electron chi connectivity index (χ1n) is 9.41. The number of hydrogen-bond acceptors (Lipinski definition) is 6. The van der Waals surface area contributed by atoms with Crippen molar-refractivity contribution in [2.45, 2.75) is 31.6 Å². The van der Waals surface area contributed by atoms with Crippen LogP contribution in [0.3, 0.4) is 0 Å². The average Bonchev–Trinajstić information content (AvgIpc) is 3.05. The molecule has 0 saturated carbocycles. The number of nitrogens with zero attached hydrogens (tertiary/aromatic N) is 3. The number of rotatable bonds is 8. The predicted molar refractivity (Wildman–Crippen MR) is 113 cm³/mol. The molecule has 0 radical (unpaired) electrons. The third-order valence-electron chi connectivity index (χ3n) is 4.66. The van der Waals surface area contributed by atoms with Crippen molar-refractivity contribution in [2.75, 3.05) is 20.2 Å². The van der Waals surface area contributed by atoms with E-state index in [0.29, 0.717) is 29.5 Å². The van der Waals surface area contributed by atoms with Gasteiger partial charge in [-0.2, -0.15) is 0 Å². The molecule has 152 valence electrons. The smallest absolute Gasteiger partial charge is 0.256 e. The maximum Gasteiger partial charge on any atom is 0.256 e. The summed E-state index contributed by atoms with van der Waals surface area (Å²) in [7, 11) is 1.78. The van der Waals surface area contributed by atoms with Crippen molar-refractivity contribution in [2.24, 2.45) is 0 Å². The van der Waals surface area contributed by atoms with Crippen LogP contribution < -0.4 is 4.74 Å². The first-order chi connectivity index (χ1) is 14.0. The zero-order chi connectivity index (χ0) is 20.8. The molecular weight excluding hydrogens is 386 g/mol. The summed E-state index contributed by atoms with van der Waals surface area (Å²) < 4.78 is 11.0. The first-order valence-corrected chi connectivity index (χ1v) is 10.4. The van der Waals surface area contributed by atoms with Gasteiger partial charge in [0, 0.05) is 24.6 Å². The Morgan fingerprint density at radius 3 is 2.69 bits per heavy atom. The number of aromatic nitrogens is 2. The number of ether oxygens (including phenoxy) is 1. The number of carbonyl (C=O) groups excluding carboxylic acids is 1. The van der Waals surface area contributed by atoms with E-state index in [1.165, 1.54) is 11.8 Å². The Kier molecular flexibility index (Phi) is 6.93. The number of carbonyl (C=O) groups is 1. The summed E-state index contributed by atoms with van der Waals surface area (Å²) >= 11 is 1.51. The second kappa shape index (κ2) is 9.60. The molecule has 7 heteroatoms. The number of hydrogen-bond donors (Lipinski definition) is 0. The van der Waals surface area contributed by atoms with Gasteiger partial charge in [0.25, 0.3) is 5.91 Å². The van der Waals surface area contributed by atoms with Gasteiger partial charge in [0.1, 0.15) is 23.1 Å². The molecule has 0 aliphatic heterocycles. The van der Waals surface area contributed by atoms with Crippen molar-refractivity contribution in [3.05, 3.63) is 70.7 Å². The number of thioether (sulfide) groups is 1. The van der Waals surface area contributed by atoms with Crippen LogP contribution in [-0.2, 0) is 5.75 Å². The van der Waals surface area contributed by atoms with Gasteiger partial charge in [0.15, 0.2) is 0 Å². The molecule has 0 saturated heterocycles. The van der Waals surface area contributed by atoms with E-state index in [1.807, 2.05) is 51.1 Å². The topological polar surface area (TPSA) is 68.5 Å². The zero-order valence-corrected chi connectivity index (χ0v) is 18.0. The van der Waals surface area contributed by atoms with E-state index in [2.05, 4.69) is 10.1 Å². The van der Waals surface area contributed by atoms with Crippen LogP contribution in [0.5, 0.6) is 5.75 Å². The Bertz CT molecular complexity index is 967. The van der Waals surface area contributed by atoms with E-state index in [0.717, 1.165) is 28.3 Å². The summed E-state index contributed by atoms with van der Waals surface area (Å²) in [6.45, 7) is 6.72. The molecule has 0 bridgehead atoms. The third-order valence-corrected chi connectivity index (χ3v) is 5.69. The number of benzene rings is 1. The molecule has 0 atom stereocenters. The molecule has 29 heavy (non-hydrogen) atoms. The van der Waals surface area contributed by atoms with Gasteiger partial charge in [-0.05, 0) is 44.5 Å². The molecule has 6 nitrogen and oxygen atoms in total. The Balaban J connectivity index is 1.62. The van der Waals surface area contributed by atoms with Crippen molar-refractivity contribution < 1.29 is 14.1 Å². The molecule has 0 unspecified atom stereocenters. The van der Waals surface area contributed by atoms with Crippen molar-refractivity contribution in [3.8, 4) is 5.75 Å². The molecule has 1 aromatic carbocycles. The van der Waals surface area contributed by atoms with E-state index in [-0.39, 0.29) is 5.91 Å². The second-order valence-electron chi connectivity index (χ2n) is 6.79. The van der Waals surface area contributed by atoms with Gasteiger partial charge in [0.05, 0.1) is 17.8 Å². The van der Waals surface area contributed by atoms with E-state index in [4.69, 9.17) is 9.26 Å². The Labute approximate surface area is 175 Å². The molecule has 0 N–H and O–H groups in total. The SMILES string of the molecule is Cc1ccccc1OCCN(C)C(=O)c1cccnc1SCc1c(C)noc1C. The maximum atomic E-state index is 13.0. The van der Waals surface area contributed by atoms with Gasteiger partial charge in [-0.3, -0.25) is 4.79 Å². The first kappa shape index (κ1) is 20.9. The summed E-state index contributed by atoms with van der Waals surface area (Å²) in [4.78, 5) is 19.0. The molecule has 3 aromatic rings. The van der Waals surface area contributed by atoms with E-state index >= 15 is 0 Å². The normalized spacial score (nSPS) is 10.8. The van der Waals surface area contributed by atoms with Crippen molar-refractivity contribution in [1.29, 1.82) is 0 Å². The number of amides is 1. The van der Waals surface area contributed by atoms with Crippen molar-refractivity contribution in [1.82, 2.24) is 15.0 Å². The molecule has 0 spiro atoms. The van der Waals surface area contributed by atoms with Crippen LogP contribution in [-0.4, -0.2) is 41.1 Å². The molecule has 2 heterocycles. The summed E-state index contributed by atoms with van der Waals surface area (Å²) in [6.07, 6.45) is 1.70. The largest absolute Gasteiger partial charge is 0.491 e. The van der Waals surface area contributed by atoms with Crippen LogP contribution in [0.4, 0.5) is 0 Å². The van der Waals surface area contributed by atoms with Crippen LogP contribution in [0.15, 0.2) is 52.1 Å². The minimum absolute atomic E-state index is 0.0762. The van der Waals surface area contributed by atoms with Crippen molar-refractivity contribution in [3.63, 3.8) is 0 Å². The average molecular weight is 412 g/mol. The molecule has 0 aliphatic carbocycles. The summed E-state index contributed by atoms with van der Waals surface area (Å²) in [5.41, 5.74) is 3.57. The highest BCUT2D eigenvalue weighted by atomic mass is 32.2. The van der Waals surface area contributed by atoms with Crippen LogP contribution in [0, 0.1) is 20.8 Å². The predicted octanol–water partition coefficient (Wildman–Crippen LogP) is 4.44. The van der Waals surface area contributed by atoms with Gasteiger partial charge >= 0.3 is 0 Å². The summed E-state index contributed by atoms with van der Waals surface area (Å²) in [5.74, 6) is 2.21.